The average molecular weight is 376 g/mol. The second-order valence-electron chi connectivity index (χ2n) is 6.78. The van der Waals surface area contributed by atoms with Crippen LogP contribution in [-0.4, -0.2) is 10.2 Å². The van der Waals surface area contributed by atoms with Crippen molar-refractivity contribution < 1.29 is 23.7 Å². The number of ether oxygens (including phenoxy) is 1. The third kappa shape index (κ3) is 2.40. The molecule has 138 valence electrons. The molecule has 3 nitrogen and oxygen atoms in total. The predicted molar refractivity (Wildman–Crippen MR) is 102 cm³/mol. The number of phenols is 2. The van der Waals surface area contributed by atoms with Crippen molar-refractivity contribution >= 4 is 10.8 Å². The number of halogens is 2. The van der Waals surface area contributed by atoms with Crippen LogP contribution in [0.2, 0.25) is 0 Å². The normalized spacial score (nSPS) is 12.4. The van der Waals surface area contributed by atoms with E-state index in [0.717, 1.165) is 10.8 Å². The maximum Gasteiger partial charge on any atom is 0.173 e. The Balaban J connectivity index is 1.79. The van der Waals surface area contributed by atoms with Crippen molar-refractivity contribution in [1.82, 2.24) is 0 Å². The van der Waals surface area contributed by atoms with Crippen molar-refractivity contribution in [3.05, 3.63) is 83.4 Å². The summed E-state index contributed by atoms with van der Waals surface area (Å²) in [6.45, 7) is 0. The minimum absolute atomic E-state index is 0.206. The summed E-state index contributed by atoms with van der Waals surface area (Å²) in [6, 6.07) is 16.7. The molecule has 2 N–H and O–H groups in total. The quantitative estimate of drug-likeness (QED) is 0.383. The zero-order valence-electron chi connectivity index (χ0n) is 14.5. The van der Waals surface area contributed by atoms with Gasteiger partial charge >= 0.3 is 0 Å². The molecule has 0 radical (unpaired) electrons. The Morgan fingerprint density at radius 3 is 2.43 bits per heavy atom. The van der Waals surface area contributed by atoms with Gasteiger partial charge in [-0.3, -0.25) is 0 Å². The summed E-state index contributed by atoms with van der Waals surface area (Å²) in [6.07, 6.45) is 0.206. The summed E-state index contributed by atoms with van der Waals surface area (Å²) >= 11 is 0. The highest BCUT2D eigenvalue weighted by Gasteiger charge is 2.27. The largest absolute Gasteiger partial charge is 0.505 e. The molecule has 4 aromatic carbocycles. The maximum absolute atomic E-state index is 15.1. The molecule has 4 aromatic rings. The van der Waals surface area contributed by atoms with E-state index in [9.17, 15) is 14.6 Å². The van der Waals surface area contributed by atoms with Crippen molar-refractivity contribution in [3.8, 4) is 34.1 Å². The molecule has 0 spiro atoms. The number of hydrogen-bond donors (Lipinski definition) is 2. The Morgan fingerprint density at radius 1 is 0.821 bits per heavy atom. The van der Waals surface area contributed by atoms with Gasteiger partial charge in [0.25, 0.3) is 0 Å². The van der Waals surface area contributed by atoms with Gasteiger partial charge in [-0.1, -0.05) is 42.5 Å². The molecule has 0 fully saturated rings. The summed E-state index contributed by atoms with van der Waals surface area (Å²) in [4.78, 5) is 0. The van der Waals surface area contributed by atoms with Crippen LogP contribution in [0.1, 0.15) is 11.1 Å². The lowest BCUT2D eigenvalue weighted by atomic mass is 9.89. The first-order valence-electron chi connectivity index (χ1n) is 8.74. The lowest BCUT2D eigenvalue weighted by Gasteiger charge is -2.24. The maximum atomic E-state index is 15.1. The van der Waals surface area contributed by atoms with Gasteiger partial charge in [0.15, 0.2) is 23.1 Å². The van der Waals surface area contributed by atoms with Crippen LogP contribution < -0.4 is 4.74 Å². The molecule has 1 heterocycles. The van der Waals surface area contributed by atoms with Gasteiger partial charge < -0.3 is 14.9 Å². The Hall–Kier alpha value is -3.60. The van der Waals surface area contributed by atoms with Gasteiger partial charge in [-0.2, -0.15) is 0 Å². The van der Waals surface area contributed by atoms with Crippen LogP contribution in [0.3, 0.4) is 0 Å². The summed E-state index contributed by atoms with van der Waals surface area (Å²) in [7, 11) is 0. The molecule has 0 aliphatic carbocycles. The first-order chi connectivity index (χ1) is 13.5. The van der Waals surface area contributed by atoms with Crippen LogP contribution in [0, 0.1) is 11.6 Å². The number of aromatic hydroxyl groups is 2. The van der Waals surface area contributed by atoms with Crippen molar-refractivity contribution in [3.63, 3.8) is 0 Å². The summed E-state index contributed by atoms with van der Waals surface area (Å²) in [5, 5.41) is 21.5. The second kappa shape index (κ2) is 5.96. The van der Waals surface area contributed by atoms with E-state index < -0.39 is 23.1 Å². The lowest BCUT2D eigenvalue weighted by Crippen LogP contribution is -2.07. The molecule has 0 bridgehead atoms. The lowest BCUT2D eigenvalue weighted by molar-refractivity contribution is 0.405. The van der Waals surface area contributed by atoms with E-state index in [1.807, 2.05) is 36.4 Å². The molecule has 1 aliphatic heterocycles. The first kappa shape index (κ1) is 16.6. The SMILES string of the molecule is Oc1cc2c(cc1F)Cc1c(cc(O)c(F)c1-c1cccc3ccccc13)O2. The molecule has 5 heteroatoms. The molecule has 0 saturated heterocycles. The van der Waals surface area contributed by atoms with Crippen LogP contribution in [0.25, 0.3) is 21.9 Å². The van der Waals surface area contributed by atoms with Gasteiger partial charge in [0.05, 0.1) is 0 Å². The Labute approximate surface area is 159 Å². The van der Waals surface area contributed by atoms with Crippen LogP contribution in [0.5, 0.6) is 23.0 Å². The highest BCUT2D eigenvalue weighted by molar-refractivity contribution is 5.98. The van der Waals surface area contributed by atoms with Gasteiger partial charge in [0.1, 0.15) is 11.5 Å². The first-order valence-corrected chi connectivity index (χ1v) is 8.74. The van der Waals surface area contributed by atoms with E-state index in [4.69, 9.17) is 4.74 Å². The zero-order chi connectivity index (χ0) is 19.4. The van der Waals surface area contributed by atoms with Gasteiger partial charge in [-0.05, 0) is 22.4 Å². The molecule has 0 aromatic heterocycles. The monoisotopic (exact) mass is 376 g/mol. The molecule has 0 amide bonds. The number of hydrogen-bond acceptors (Lipinski definition) is 3. The highest BCUT2D eigenvalue weighted by Crippen LogP contribution is 2.47. The summed E-state index contributed by atoms with van der Waals surface area (Å²) < 4.78 is 34.7. The zero-order valence-corrected chi connectivity index (χ0v) is 14.5. The van der Waals surface area contributed by atoms with Gasteiger partial charge in [0, 0.05) is 35.2 Å². The van der Waals surface area contributed by atoms with E-state index in [-0.39, 0.29) is 23.5 Å². The average Bonchev–Trinajstić information content (AvgIpc) is 2.69. The van der Waals surface area contributed by atoms with Crippen molar-refractivity contribution in [2.24, 2.45) is 0 Å². The van der Waals surface area contributed by atoms with E-state index in [1.54, 1.807) is 6.07 Å². The fourth-order valence-corrected chi connectivity index (χ4v) is 3.78. The molecular weight excluding hydrogens is 362 g/mol. The number of benzene rings is 4. The minimum Gasteiger partial charge on any atom is -0.505 e. The Kier molecular flexibility index (Phi) is 3.52. The highest BCUT2D eigenvalue weighted by atomic mass is 19.1. The van der Waals surface area contributed by atoms with Crippen molar-refractivity contribution in [2.45, 2.75) is 6.42 Å². The van der Waals surface area contributed by atoms with Crippen molar-refractivity contribution in [1.29, 1.82) is 0 Å². The van der Waals surface area contributed by atoms with Crippen LogP contribution >= 0.6 is 0 Å². The van der Waals surface area contributed by atoms with Crippen LogP contribution in [-0.2, 0) is 6.42 Å². The van der Waals surface area contributed by atoms with E-state index in [2.05, 4.69) is 0 Å². The molecule has 0 saturated carbocycles. The number of rotatable bonds is 1. The molecule has 0 unspecified atom stereocenters. The molecule has 0 atom stereocenters. The third-order valence-corrected chi connectivity index (χ3v) is 5.09. The summed E-state index contributed by atoms with van der Waals surface area (Å²) in [5.41, 5.74) is 1.86. The number of phenolic OH excluding ortho intramolecular Hbond substituents is 2. The standard InChI is InChI=1S/C23H14F2O3/c24-17-9-13-8-16-21(28-20(13)10-18(17)26)11-19(27)23(25)22(16)15-7-3-5-12-4-1-2-6-14(12)15/h1-7,9-11,26-27H,8H2. The number of fused-ring (bicyclic) bond motifs is 3. The van der Waals surface area contributed by atoms with Gasteiger partial charge in [-0.15, -0.1) is 0 Å². The molecule has 5 rings (SSSR count). The van der Waals surface area contributed by atoms with Gasteiger partial charge in [-0.25, -0.2) is 8.78 Å². The van der Waals surface area contributed by atoms with E-state index in [0.29, 0.717) is 16.7 Å². The van der Waals surface area contributed by atoms with E-state index in [1.165, 1.54) is 18.2 Å². The molecule has 28 heavy (non-hydrogen) atoms. The van der Waals surface area contributed by atoms with Crippen molar-refractivity contribution in [2.75, 3.05) is 0 Å². The fraction of sp³-hybridized carbons (Fsp3) is 0.0435. The molecular formula is C23H14F2O3. The third-order valence-electron chi connectivity index (χ3n) is 5.09. The van der Waals surface area contributed by atoms with Crippen LogP contribution in [0.4, 0.5) is 8.78 Å². The Bertz CT molecular complexity index is 1260. The topological polar surface area (TPSA) is 49.7 Å². The molecule has 1 aliphatic rings. The van der Waals surface area contributed by atoms with E-state index >= 15 is 4.39 Å². The smallest absolute Gasteiger partial charge is 0.173 e. The fourth-order valence-electron chi connectivity index (χ4n) is 3.78. The second-order valence-corrected chi connectivity index (χ2v) is 6.78. The Morgan fingerprint density at radius 2 is 1.57 bits per heavy atom. The predicted octanol–water partition coefficient (Wildman–Crippen LogP) is 5.89. The summed E-state index contributed by atoms with van der Waals surface area (Å²) in [5.74, 6) is -2.01. The minimum atomic E-state index is -0.767. The van der Waals surface area contributed by atoms with Gasteiger partial charge in [0.2, 0.25) is 0 Å². The van der Waals surface area contributed by atoms with Crippen LogP contribution in [0.15, 0.2) is 60.7 Å².